The fraction of sp³-hybridized carbons (Fsp3) is 0.462. The van der Waals surface area contributed by atoms with Gasteiger partial charge in [-0.25, -0.2) is 9.98 Å². The van der Waals surface area contributed by atoms with E-state index in [9.17, 15) is 9.59 Å². The zero-order valence-corrected chi connectivity index (χ0v) is 21.6. The summed E-state index contributed by atoms with van der Waals surface area (Å²) in [5.74, 6) is 1.13. The number of hydrogen-bond donors (Lipinski definition) is 2. The van der Waals surface area contributed by atoms with Crippen molar-refractivity contribution in [3.8, 4) is 0 Å². The molecule has 0 radical (unpaired) electrons. The van der Waals surface area contributed by atoms with Crippen molar-refractivity contribution in [3.05, 3.63) is 55.9 Å². The van der Waals surface area contributed by atoms with Crippen LogP contribution in [0.2, 0.25) is 5.02 Å². The van der Waals surface area contributed by atoms with Gasteiger partial charge in [-0.3, -0.25) is 9.59 Å². The standard InChI is InChI=1S/C26H32ClN7O2/c1-15(2)28-11-21(17-5-7-18(27)8-6-17)26(36)34-19-9-10-20(34)13-33(12-19)24-22-23(29-14-30-24)31-16(3)25(35)32(22)4/h5-8,14-15,19-21,28H,3,9-13H2,1-2,4H3,(H,29,30,31)/t19?,20?,21-/m1/s1. The van der Waals surface area contributed by atoms with Crippen molar-refractivity contribution in [1.29, 1.82) is 0 Å². The lowest BCUT2D eigenvalue weighted by Gasteiger charge is -2.43. The van der Waals surface area contributed by atoms with E-state index in [0.29, 0.717) is 41.6 Å². The Morgan fingerprint density at radius 1 is 1.22 bits per heavy atom. The maximum atomic E-state index is 14.0. The second-order valence-electron chi connectivity index (χ2n) is 10.0. The van der Waals surface area contributed by atoms with Crippen LogP contribution in [0.15, 0.2) is 34.1 Å². The van der Waals surface area contributed by atoms with Gasteiger partial charge in [-0.15, -0.1) is 0 Å². The third-order valence-electron chi connectivity index (χ3n) is 7.29. The number of benzene rings is 1. The second kappa shape index (κ2) is 9.71. The summed E-state index contributed by atoms with van der Waals surface area (Å²) in [5, 5.41) is 7.98. The highest BCUT2D eigenvalue weighted by atomic mass is 35.5. The Labute approximate surface area is 215 Å². The molecule has 9 nitrogen and oxygen atoms in total. The quantitative estimate of drug-likeness (QED) is 0.599. The average molecular weight is 510 g/mol. The molecule has 2 unspecified atom stereocenters. The molecule has 10 heteroatoms. The van der Waals surface area contributed by atoms with Crippen LogP contribution < -0.4 is 26.9 Å². The Balaban J connectivity index is 1.45. The number of amides is 1. The Bertz CT molecular complexity index is 1350. The first-order valence-corrected chi connectivity index (χ1v) is 12.8. The van der Waals surface area contributed by atoms with Gasteiger partial charge in [-0.1, -0.05) is 44.2 Å². The van der Waals surface area contributed by atoms with E-state index in [0.717, 1.165) is 18.4 Å². The molecule has 1 amide bonds. The van der Waals surface area contributed by atoms with Crippen molar-refractivity contribution < 1.29 is 4.79 Å². The third-order valence-corrected chi connectivity index (χ3v) is 7.55. The Kier molecular flexibility index (Phi) is 6.61. The molecule has 3 aliphatic heterocycles. The molecular weight excluding hydrogens is 478 g/mol. The number of aliphatic imine (C=N–C) groups is 1. The number of likely N-dealkylation sites (tertiary alicyclic amines) is 1. The molecule has 3 aliphatic rings. The molecule has 4 heterocycles. The van der Waals surface area contributed by atoms with Gasteiger partial charge in [0.05, 0.1) is 12.3 Å². The smallest absolute Gasteiger partial charge is 0.276 e. The van der Waals surface area contributed by atoms with Gasteiger partial charge in [-0.05, 0) is 30.5 Å². The van der Waals surface area contributed by atoms with Crippen LogP contribution in [-0.2, 0) is 11.8 Å². The van der Waals surface area contributed by atoms with Crippen LogP contribution in [0.3, 0.4) is 0 Å². The first-order chi connectivity index (χ1) is 17.2. The lowest BCUT2D eigenvalue weighted by atomic mass is 9.95. The molecule has 2 bridgehead atoms. The number of nitrogens with zero attached hydrogens (tertiary/aromatic N) is 5. The molecule has 0 aliphatic carbocycles. The van der Waals surface area contributed by atoms with E-state index in [1.165, 1.54) is 0 Å². The highest BCUT2D eigenvalue weighted by Crippen LogP contribution is 2.35. The molecule has 2 fully saturated rings. The molecule has 0 spiro atoms. The fourth-order valence-corrected chi connectivity index (χ4v) is 5.63. The SMILES string of the molecule is C=c1nc2c(n(C)c1=O)=C(N1CC3CCC(C1)N3C(=O)[C@H](CNC(C)C)c1ccc(Cl)cc1)N=CN2. The number of hydrogen-bond acceptors (Lipinski definition) is 7. The Hall–Kier alpha value is -3.17. The van der Waals surface area contributed by atoms with Crippen molar-refractivity contribution in [2.24, 2.45) is 12.0 Å². The molecule has 36 heavy (non-hydrogen) atoms. The van der Waals surface area contributed by atoms with Crippen LogP contribution in [0, 0.1) is 0 Å². The first-order valence-electron chi connectivity index (χ1n) is 12.4. The number of nitrogens with one attached hydrogen (secondary N) is 2. The zero-order chi connectivity index (χ0) is 25.6. The van der Waals surface area contributed by atoms with E-state index in [1.807, 2.05) is 24.3 Å². The van der Waals surface area contributed by atoms with E-state index in [1.54, 1.807) is 18.0 Å². The third kappa shape index (κ3) is 4.41. The van der Waals surface area contributed by atoms with Crippen molar-refractivity contribution in [2.75, 3.05) is 25.0 Å². The minimum atomic E-state index is -0.287. The molecule has 1 aromatic heterocycles. The zero-order valence-electron chi connectivity index (χ0n) is 20.9. The molecular formula is C26H32ClN7O2. The van der Waals surface area contributed by atoms with Gasteiger partial charge >= 0.3 is 0 Å². The molecule has 0 saturated carbocycles. The number of carbonyl (C=O) groups is 1. The predicted molar refractivity (Wildman–Crippen MR) is 142 cm³/mol. The van der Waals surface area contributed by atoms with Gasteiger partial charge < -0.3 is 25.0 Å². The molecule has 3 atom stereocenters. The van der Waals surface area contributed by atoms with Crippen molar-refractivity contribution in [3.63, 3.8) is 0 Å². The van der Waals surface area contributed by atoms with Gasteiger partial charge in [0.1, 0.15) is 10.7 Å². The average Bonchev–Trinajstić information content (AvgIpc) is 3.12. The molecule has 2 saturated heterocycles. The maximum Gasteiger partial charge on any atom is 0.276 e. The van der Waals surface area contributed by atoms with Crippen molar-refractivity contribution in [1.82, 2.24) is 24.7 Å². The van der Waals surface area contributed by atoms with Crippen LogP contribution in [-0.4, -0.2) is 69.4 Å². The van der Waals surface area contributed by atoms with E-state index in [-0.39, 0.29) is 40.9 Å². The van der Waals surface area contributed by atoms with E-state index in [2.05, 4.69) is 50.8 Å². The van der Waals surface area contributed by atoms with Crippen molar-refractivity contribution >= 4 is 42.1 Å². The van der Waals surface area contributed by atoms with Gasteiger partial charge in [-0.2, -0.15) is 0 Å². The number of fused-ring (bicyclic) bond motifs is 3. The van der Waals surface area contributed by atoms with Crippen LogP contribution in [0.5, 0.6) is 0 Å². The molecule has 1 aromatic carbocycles. The lowest BCUT2D eigenvalue weighted by Crippen LogP contribution is -2.58. The summed E-state index contributed by atoms with van der Waals surface area (Å²) in [7, 11) is 1.72. The highest BCUT2D eigenvalue weighted by Gasteiger charge is 2.45. The predicted octanol–water partition coefficient (Wildman–Crippen LogP) is 0.821. The Morgan fingerprint density at radius 2 is 1.89 bits per heavy atom. The van der Waals surface area contributed by atoms with Gasteiger partial charge in [0.15, 0.2) is 11.6 Å². The van der Waals surface area contributed by atoms with Crippen LogP contribution in [0.4, 0.5) is 5.82 Å². The van der Waals surface area contributed by atoms with E-state index < -0.39 is 0 Å². The molecule has 5 rings (SSSR count). The lowest BCUT2D eigenvalue weighted by molar-refractivity contribution is -0.138. The summed E-state index contributed by atoms with van der Waals surface area (Å²) in [6, 6.07) is 8.01. The summed E-state index contributed by atoms with van der Waals surface area (Å²) in [5.41, 5.74) is 0.723. The summed E-state index contributed by atoms with van der Waals surface area (Å²) >= 11 is 6.12. The van der Waals surface area contributed by atoms with Crippen LogP contribution >= 0.6 is 11.6 Å². The largest absolute Gasteiger partial charge is 0.351 e. The number of aromatic nitrogens is 2. The van der Waals surface area contributed by atoms with Gasteiger partial charge in [0.25, 0.3) is 5.56 Å². The van der Waals surface area contributed by atoms with E-state index in [4.69, 9.17) is 11.6 Å². The molecule has 2 aromatic rings. The number of halogens is 1. The van der Waals surface area contributed by atoms with E-state index >= 15 is 0 Å². The fourth-order valence-electron chi connectivity index (χ4n) is 5.51. The summed E-state index contributed by atoms with van der Waals surface area (Å²) < 4.78 is 1.55. The minimum Gasteiger partial charge on any atom is -0.351 e. The van der Waals surface area contributed by atoms with Crippen molar-refractivity contribution in [2.45, 2.75) is 50.7 Å². The van der Waals surface area contributed by atoms with Crippen LogP contribution in [0.25, 0.3) is 12.4 Å². The second-order valence-corrected chi connectivity index (χ2v) is 10.5. The van der Waals surface area contributed by atoms with Crippen LogP contribution in [0.1, 0.15) is 38.2 Å². The molecule has 190 valence electrons. The first kappa shape index (κ1) is 24.5. The maximum absolute atomic E-state index is 14.0. The summed E-state index contributed by atoms with van der Waals surface area (Å²) in [4.78, 5) is 39.8. The normalized spacial score (nSPS) is 21.5. The van der Waals surface area contributed by atoms with Gasteiger partial charge in [0, 0.05) is 49.8 Å². The Morgan fingerprint density at radius 3 is 2.53 bits per heavy atom. The number of piperazine rings is 1. The molecule has 2 N–H and O–H groups in total. The summed E-state index contributed by atoms with van der Waals surface area (Å²) in [6.07, 6.45) is 3.48. The number of carbonyl (C=O) groups excluding carboxylic acids is 1. The van der Waals surface area contributed by atoms with Gasteiger partial charge in [0.2, 0.25) is 5.91 Å². The number of anilines is 1. The summed E-state index contributed by atoms with van der Waals surface area (Å²) in [6.45, 7) is 9.79. The topological polar surface area (TPSA) is 94.9 Å². The monoisotopic (exact) mass is 509 g/mol. The highest BCUT2D eigenvalue weighted by molar-refractivity contribution is 6.30. The minimum absolute atomic E-state index is 0.0724. The number of rotatable bonds is 6.